The summed E-state index contributed by atoms with van der Waals surface area (Å²) in [6.07, 6.45) is 0.0626. The van der Waals surface area contributed by atoms with E-state index in [0.29, 0.717) is 79.1 Å². The number of rotatable bonds is 33. The van der Waals surface area contributed by atoms with E-state index in [1.54, 1.807) is 86.6 Å². The van der Waals surface area contributed by atoms with E-state index in [1.807, 2.05) is 0 Å². The van der Waals surface area contributed by atoms with Crippen molar-refractivity contribution >= 4 is 88.6 Å². The molecule has 24 nitrogen and oxygen atoms in total. The number of ketones is 4. The summed E-state index contributed by atoms with van der Waals surface area (Å²) in [6, 6.07) is 36.6. The molecule has 6 aromatic carbocycles. The lowest BCUT2D eigenvalue weighted by atomic mass is 9.92. The van der Waals surface area contributed by atoms with Gasteiger partial charge in [0.1, 0.15) is 68.7 Å². The summed E-state index contributed by atoms with van der Waals surface area (Å²) in [7, 11) is 8.69. The summed E-state index contributed by atoms with van der Waals surface area (Å²) in [5.41, 5.74) is 17.2. The molecule has 0 saturated heterocycles. The minimum Gasteiger partial charge on any atom is -0.494 e. The molecule has 562 valence electrons. The molecule has 30 heteroatoms. The van der Waals surface area contributed by atoms with Crippen molar-refractivity contribution in [2.75, 3.05) is 62.5 Å². The number of hydrogen-bond donors (Lipinski definition) is 5. The molecule has 0 fully saturated rings. The molecule has 8 N–H and O–H groups in total. The number of carbonyl (C=O) groups excluding carboxylic acids is 7. The Kier molecular flexibility index (Phi) is 30.0. The van der Waals surface area contributed by atoms with Gasteiger partial charge in [0.2, 0.25) is 0 Å². The number of aliphatic hydroxyl groups is 2. The standard InChI is InChI=1S/2C26H26BrFN2O6.C25H22BrFN2O6/c2*1-26(33,11-10-19(31)15-5-7-20(22(13-15)35-3)36-14-24(29)32)23-9-8-21(34-2)25(30-23)16-4-6-18(28)17(27)12-16;1-33-22-10-6-18(29-25(22)15-3-5-17(27)16(26)11-15)20(31)8-7-19(30)14-4-9-21(23(12-14)34-2)35-13-24(28)32/h2*4-9,12-13,33H,10-11,14H2,1-3H3,(H2,29,32);3-6,9-12H,7-8,13H2,1-2H3,(H2,28,32). The van der Waals surface area contributed by atoms with Gasteiger partial charge in [-0.2, -0.15) is 0 Å². The number of nitrogens with zero attached hydrogens (tertiary/aromatic N) is 3. The molecule has 9 aromatic rings. The zero-order valence-corrected chi connectivity index (χ0v) is 63.7. The van der Waals surface area contributed by atoms with Crippen LogP contribution in [0.15, 0.2) is 159 Å². The molecule has 9 rings (SSSR count). The minimum atomic E-state index is -1.44. The number of halogens is 6. The van der Waals surface area contributed by atoms with Gasteiger partial charge in [0.25, 0.3) is 17.7 Å². The molecule has 2 atom stereocenters. The molecule has 0 radical (unpaired) electrons. The maximum Gasteiger partial charge on any atom is 0.255 e. The van der Waals surface area contributed by atoms with Crippen molar-refractivity contribution in [3.8, 4) is 85.5 Å². The molecule has 2 unspecified atom stereocenters. The van der Waals surface area contributed by atoms with Crippen molar-refractivity contribution in [1.82, 2.24) is 15.0 Å². The monoisotopic (exact) mass is 1660 g/mol. The number of hydrogen-bond acceptors (Lipinski definition) is 21. The summed E-state index contributed by atoms with van der Waals surface area (Å²) in [5.74, 6) is -1.29. The third kappa shape index (κ3) is 22.9. The first-order valence-electron chi connectivity index (χ1n) is 32.2. The number of carbonyl (C=O) groups is 7. The van der Waals surface area contributed by atoms with Crippen molar-refractivity contribution in [1.29, 1.82) is 0 Å². The number of pyridine rings is 3. The zero-order chi connectivity index (χ0) is 78.4. The van der Waals surface area contributed by atoms with E-state index in [2.05, 4.69) is 62.7 Å². The van der Waals surface area contributed by atoms with Crippen LogP contribution in [0, 0.1) is 17.5 Å². The van der Waals surface area contributed by atoms with Crippen LogP contribution in [0.3, 0.4) is 0 Å². The third-order valence-corrected chi connectivity index (χ3v) is 17.8. The van der Waals surface area contributed by atoms with Gasteiger partial charge in [0.15, 0.2) is 77.5 Å². The van der Waals surface area contributed by atoms with E-state index in [4.69, 9.17) is 59.8 Å². The van der Waals surface area contributed by atoms with Gasteiger partial charge in [-0.05, 0) is 220 Å². The van der Waals surface area contributed by atoms with E-state index in [1.165, 1.54) is 115 Å². The molecule has 0 spiro atoms. The third-order valence-electron chi connectivity index (χ3n) is 16.0. The van der Waals surface area contributed by atoms with Crippen LogP contribution in [0.4, 0.5) is 13.2 Å². The van der Waals surface area contributed by atoms with Gasteiger partial charge in [-0.3, -0.25) is 33.6 Å². The van der Waals surface area contributed by atoms with E-state index in [9.17, 15) is 56.9 Å². The summed E-state index contributed by atoms with van der Waals surface area (Å²) in [4.78, 5) is 97.6. The highest BCUT2D eigenvalue weighted by Crippen LogP contribution is 2.39. The van der Waals surface area contributed by atoms with Crippen LogP contribution in [-0.2, 0) is 25.6 Å². The number of nitrogens with two attached hydrogens (primary N) is 3. The van der Waals surface area contributed by atoms with E-state index in [0.717, 1.165) is 0 Å². The van der Waals surface area contributed by atoms with Crippen LogP contribution in [0.25, 0.3) is 33.8 Å². The van der Waals surface area contributed by atoms with Gasteiger partial charge in [-0.15, -0.1) is 0 Å². The molecule has 0 aliphatic heterocycles. The lowest BCUT2D eigenvalue weighted by Gasteiger charge is -2.24. The Hall–Kier alpha value is -10.8. The minimum absolute atomic E-state index is 0.0166. The Bertz CT molecular complexity index is 4580. The largest absolute Gasteiger partial charge is 0.494 e. The van der Waals surface area contributed by atoms with Gasteiger partial charge in [-0.1, -0.05) is 0 Å². The fourth-order valence-electron chi connectivity index (χ4n) is 10.2. The van der Waals surface area contributed by atoms with Crippen LogP contribution in [0.2, 0.25) is 0 Å². The van der Waals surface area contributed by atoms with E-state index >= 15 is 0 Å². The second-order valence-electron chi connectivity index (χ2n) is 23.7. The Morgan fingerprint density at radius 1 is 0.364 bits per heavy atom. The number of benzene rings is 6. The molecule has 107 heavy (non-hydrogen) atoms. The second kappa shape index (κ2) is 38.5. The normalized spacial score (nSPS) is 11.9. The molecule has 3 amide bonds. The average molecular weight is 1670 g/mol. The summed E-state index contributed by atoms with van der Waals surface area (Å²) < 4.78 is 89.5. The van der Waals surface area contributed by atoms with Crippen LogP contribution in [-0.4, -0.2) is 128 Å². The van der Waals surface area contributed by atoms with Crippen LogP contribution in [0.1, 0.15) is 105 Å². The molecule has 0 saturated carbocycles. The SMILES string of the molecule is COc1cc(C(=O)CCC(=O)c2ccc(OC)c(-c3ccc(F)c(Br)c3)n2)ccc1OCC(N)=O.COc1cc(C(=O)CCC(C)(O)c2ccc(OC)c(-c3ccc(F)c(Br)c3)n2)ccc1OCC(N)=O.COc1cc(C(=O)CCC(C)(O)c2ccc(OC)c(-c3ccc(F)c(Br)c3)n2)ccc1OCC(N)=O. The quantitative estimate of drug-likeness (QED) is 0.0239. The highest BCUT2D eigenvalue weighted by molar-refractivity contribution is 9.11. The summed E-state index contributed by atoms with van der Waals surface area (Å²) in [5, 5.41) is 22.3. The van der Waals surface area contributed by atoms with Crippen molar-refractivity contribution in [2.45, 2.75) is 63.6 Å². The highest BCUT2D eigenvalue weighted by atomic mass is 79.9. The van der Waals surface area contributed by atoms with E-state index in [-0.39, 0.29) is 135 Å². The number of Topliss-reactive ketones (excluding diaryl/α,β-unsaturated/α-hetero) is 4. The predicted octanol–water partition coefficient (Wildman–Crippen LogP) is 13.2. The molecule has 3 aromatic heterocycles. The van der Waals surface area contributed by atoms with Crippen LogP contribution >= 0.6 is 47.8 Å². The summed E-state index contributed by atoms with van der Waals surface area (Å²) >= 11 is 9.49. The van der Waals surface area contributed by atoms with E-state index < -0.39 is 46.4 Å². The Balaban J connectivity index is 0.000000224. The number of methoxy groups -OCH3 is 6. The van der Waals surface area contributed by atoms with Gasteiger partial charge in [-0.25, -0.2) is 28.1 Å². The number of ether oxygens (including phenoxy) is 9. The van der Waals surface area contributed by atoms with Gasteiger partial charge in [0.05, 0.1) is 67.5 Å². The molecular formula is C77H74Br3F3N6O18. The van der Waals surface area contributed by atoms with Crippen molar-refractivity contribution < 1.29 is 99.6 Å². The maximum absolute atomic E-state index is 13.7. The van der Waals surface area contributed by atoms with Crippen molar-refractivity contribution in [2.24, 2.45) is 17.2 Å². The average Bonchev–Trinajstić information content (AvgIpc) is 0.803. The van der Waals surface area contributed by atoms with Crippen molar-refractivity contribution in [3.63, 3.8) is 0 Å². The van der Waals surface area contributed by atoms with Gasteiger partial charge in [0, 0.05) is 59.1 Å². The number of primary amides is 3. The summed E-state index contributed by atoms with van der Waals surface area (Å²) in [6.45, 7) is 2.17. The lowest BCUT2D eigenvalue weighted by molar-refractivity contribution is -0.120. The maximum atomic E-state index is 13.7. The first kappa shape index (κ1) is 83.5. The smallest absolute Gasteiger partial charge is 0.255 e. The first-order valence-corrected chi connectivity index (χ1v) is 34.6. The van der Waals surface area contributed by atoms with Crippen molar-refractivity contribution in [3.05, 3.63) is 210 Å². The molecule has 0 aliphatic carbocycles. The fraction of sp³-hybridized carbons (Fsp3) is 0.247. The Morgan fingerprint density at radius 2 is 0.645 bits per heavy atom. The topological polar surface area (TPSA) is 360 Å². The first-order chi connectivity index (χ1) is 50.8. The van der Waals surface area contributed by atoms with Gasteiger partial charge < -0.3 is 70.0 Å². The van der Waals surface area contributed by atoms with Gasteiger partial charge >= 0.3 is 0 Å². The molecule has 0 bridgehead atoms. The number of amides is 3. The predicted molar refractivity (Wildman–Crippen MR) is 399 cm³/mol. The number of aromatic nitrogens is 3. The Labute approximate surface area is 638 Å². The lowest BCUT2D eigenvalue weighted by Crippen LogP contribution is -2.24. The van der Waals surface area contributed by atoms with Crippen LogP contribution < -0.4 is 59.8 Å². The van der Waals surface area contributed by atoms with Crippen LogP contribution in [0.5, 0.6) is 51.7 Å². The Morgan fingerprint density at radius 3 is 0.944 bits per heavy atom. The molecule has 0 aliphatic rings. The fourth-order valence-corrected chi connectivity index (χ4v) is 11.4. The molecule has 3 heterocycles. The zero-order valence-electron chi connectivity index (χ0n) is 59.0. The highest BCUT2D eigenvalue weighted by Gasteiger charge is 2.30. The molecular weight excluding hydrogens is 1590 g/mol. The second-order valence-corrected chi connectivity index (χ2v) is 26.3.